The molecule has 2 N–H and O–H groups in total. The predicted octanol–water partition coefficient (Wildman–Crippen LogP) is 0.0906. The number of rotatable bonds is 3. The summed E-state index contributed by atoms with van der Waals surface area (Å²) < 4.78 is 1.54. The molecule has 0 saturated carbocycles. The minimum absolute atomic E-state index is 0.484. The summed E-state index contributed by atoms with van der Waals surface area (Å²) in [4.78, 5) is 4.02. The average molecular weight is 222 g/mol. The summed E-state index contributed by atoms with van der Waals surface area (Å²) in [6.07, 6.45) is 2.67. The predicted molar refractivity (Wildman–Crippen MR) is 58.0 cm³/mol. The number of aromatic nitrogens is 5. The lowest BCUT2D eigenvalue weighted by Crippen LogP contribution is -2.42. The highest BCUT2D eigenvalue weighted by atomic mass is 16.3. The summed E-state index contributed by atoms with van der Waals surface area (Å²) in [6.45, 7) is 5.50. The summed E-state index contributed by atoms with van der Waals surface area (Å²) in [5, 5.41) is 24.0. The van der Waals surface area contributed by atoms with Crippen LogP contribution in [0.4, 0.5) is 5.82 Å². The van der Waals surface area contributed by atoms with E-state index in [1.165, 1.54) is 4.52 Å². The van der Waals surface area contributed by atoms with E-state index >= 15 is 0 Å². The molecule has 0 aliphatic heterocycles. The van der Waals surface area contributed by atoms with Gasteiger partial charge < -0.3 is 10.4 Å². The van der Waals surface area contributed by atoms with Crippen LogP contribution >= 0.6 is 0 Å². The largest absolute Gasteiger partial charge is 0.391 e. The Morgan fingerprint density at radius 1 is 1.44 bits per heavy atom. The Balaban J connectivity index is 2.37. The fourth-order valence-corrected chi connectivity index (χ4v) is 1.20. The lowest BCUT2D eigenvalue weighted by atomic mass is 9.99. The summed E-state index contributed by atoms with van der Waals surface area (Å²) in [5.74, 6) is 0.647. The molecule has 16 heavy (non-hydrogen) atoms. The number of fused-ring (bicyclic) bond motifs is 1. The third-order valence-electron chi connectivity index (χ3n) is 2.60. The highest BCUT2D eigenvalue weighted by Gasteiger charge is 2.24. The van der Waals surface area contributed by atoms with E-state index in [1.54, 1.807) is 19.3 Å². The topological polar surface area (TPSA) is 88.2 Å². The highest BCUT2D eigenvalue weighted by Crippen LogP contribution is 2.17. The fraction of sp³-hybridized carbons (Fsp3) is 0.556. The standard InChI is InChI=1S/C9H14N6O/c1-6(16)9(2,3)11-7-4-10-5-8-12-13-14-15(7)8/h4-6,11,16H,1-3H3. The van der Waals surface area contributed by atoms with Gasteiger partial charge >= 0.3 is 0 Å². The maximum atomic E-state index is 9.62. The molecule has 0 fully saturated rings. The molecule has 0 saturated heterocycles. The van der Waals surface area contributed by atoms with Crippen LogP contribution in [0.1, 0.15) is 20.8 Å². The van der Waals surface area contributed by atoms with Gasteiger partial charge in [-0.1, -0.05) is 0 Å². The number of hydrogen-bond donors (Lipinski definition) is 2. The second kappa shape index (κ2) is 3.67. The fourth-order valence-electron chi connectivity index (χ4n) is 1.20. The molecule has 2 aromatic rings. The molecule has 0 bridgehead atoms. The number of nitrogens with one attached hydrogen (secondary N) is 1. The van der Waals surface area contributed by atoms with Crippen LogP contribution in [0.5, 0.6) is 0 Å². The molecular weight excluding hydrogens is 208 g/mol. The van der Waals surface area contributed by atoms with E-state index < -0.39 is 11.6 Å². The van der Waals surface area contributed by atoms with Gasteiger partial charge in [-0.2, -0.15) is 4.52 Å². The highest BCUT2D eigenvalue weighted by molar-refractivity contribution is 5.45. The zero-order chi connectivity index (χ0) is 11.8. The van der Waals surface area contributed by atoms with Crippen LogP contribution in [-0.2, 0) is 0 Å². The van der Waals surface area contributed by atoms with E-state index in [4.69, 9.17) is 0 Å². The molecule has 1 atom stereocenters. The van der Waals surface area contributed by atoms with Gasteiger partial charge in [0.25, 0.3) is 0 Å². The first-order valence-electron chi connectivity index (χ1n) is 4.99. The molecular formula is C9H14N6O. The second-order valence-electron chi connectivity index (χ2n) is 4.26. The number of hydrogen-bond acceptors (Lipinski definition) is 6. The molecule has 0 aromatic carbocycles. The van der Waals surface area contributed by atoms with Gasteiger partial charge in [-0.05, 0) is 31.2 Å². The smallest absolute Gasteiger partial charge is 0.199 e. The van der Waals surface area contributed by atoms with Crippen molar-refractivity contribution < 1.29 is 5.11 Å². The van der Waals surface area contributed by atoms with Crippen LogP contribution < -0.4 is 5.32 Å². The SMILES string of the molecule is CC(O)C(C)(C)Nc1cncc2nnnn12. The lowest BCUT2D eigenvalue weighted by molar-refractivity contribution is 0.133. The number of aliphatic hydroxyl groups excluding tert-OH is 1. The maximum Gasteiger partial charge on any atom is 0.199 e. The Morgan fingerprint density at radius 3 is 2.88 bits per heavy atom. The monoisotopic (exact) mass is 222 g/mol. The van der Waals surface area contributed by atoms with Gasteiger partial charge in [-0.25, -0.2) is 0 Å². The number of anilines is 1. The van der Waals surface area contributed by atoms with E-state index in [1.807, 2.05) is 13.8 Å². The van der Waals surface area contributed by atoms with Crippen molar-refractivity contribution in [1.29, 1.82) is 0 Å². The molecule has 7 heteroatoms. The van der Waals surface area contributed by atoms with Crippen molar-refractivity contribution in [2.45, 2.75) is 32.4 Å². The van der Waals surface area contributed by atoms with Gasteiger partial charge in [0, 0.05) is 0 Å². The van der Waals surface area contributed by atoms with E-state index in [-0.39, 0.29) is 0 Å². The molecule has 0 radical (unpaired) electrons. The van der Waals surface area contributed by atoms with E-state index in [0.717, 1.165) is 0 Å². The Bertz CT molecular complexity index is 491. The summed E-state index contributed by atoms with van der Waals surface area (Å²) in [5.41, 5.74) is 0.0773. The van der Waals surface area contributed by atoms with Gasteiger partial charge in [0.2, 0.25) is 0 Å². The first-order valence-corrected chi connectivity index (χ1v) is 4.99. The Hall–Kier alpha value is -1.76. The number of aliphatic hydroxyl groups is 1. The molecule has 2 rings (SSSR count). The van der Waals surface area contributed by atoms with Crippen molar-refractivity contribution in [2.24, 2.45) is 0 Å². The molecule has 1 unspecified atom stereocenters. The molecule has 0 aliphatic rings. The molecule has 86 valence electrons. The van der Waals surface area contributed by atoms with Crippen molar-refractivity contribution in [3.05, 3.63) is 12.4 Å². The minimum atomic E-state index is -0.515. The third-order valence-corrected chi connectivity index (χ3v) is 2.60. The van der Waals surface area contributed by atoms with Gasteiger partial charge in [0.05, 0.1) is 24.0 Å². The number of nitrogens with zero attached hydrogens (tertiary/aromatic N) is 5. The summed E-state index contributed by atoms with van der Waals surface area (Å²) >= 11 is 0. The first kappa shape index (κ1) is 10.7. The van der Waals surface area contributed by atoms with Crippen molar-refractivity contribution >= 4 is 11.5 Å². The summed E-state index contributed by atoms with van der Waals surface area (Å²) in [7, 11) is 0. The van der Waals surface area contributed by atoms with Crippen molar-refractivity contribution in [3.63, 3.8) is 0 Å². The molecule has 2 aromatic heterocycles. The van der Waals surface area contributed by atoms with Crippen LogP contribution in [-0.4, -0.2) is 41.8 Å². The van der Waals surface area contributed by atoms with Crippen molar-refractivity contribution in [1.82, 2.24) is 25.0 Å². The third kappa shape index (κ3) is 1.81. The quantitative estimate of drug-likeness (QED) is 0.765. The van der Waals surface area contributed by atoms with Gasteiger partial charge in [-0.15, -0.1) is 5.10 Å². The van der Waals surface area contributed by atoms with Crippen LogP contribution in [0.2, 0.25) is 0 Å². The molecule has 0 aliphatic carbocycles. The first-order chi connectivity index (χ1) is 7.50. The van der Waals surface area contributed by atoms with E-state index in [0.29, 0.717) is 11.5 Å². The zero-order valence-electron chi connectivity index (χ0n) is 9.42. The zero-order valence-corrected chi connectivity index (χ0v) is 9.42. The van der Waals surface area contributed by atoms with Crippen LogP contribution in [0.15, 0.2) is 12.4 Å². The Labute approximate surface area is 92.5 Å². The van der Waals surface area contributed by atoms with E-state index in [2.05, 4.69) is 25.8 Å². The van der Waals surface area contributed by atoms with Gasteiger partial charge in [-0.3, -0.25) is 4.98 Å². The summed E-state index contributed by atoms with van der Waals surface area (Å²) in [6, 6.07) is 0. The molecule has 0 amide bonds. The van der Waals surface area contributed by atoms with Crippen molar-refractivity contribution in [2.75, 3.05) is 5.32 Å². The van der Waals surface area contributed by atoms with Crippen LogP contribution in [0.25, 0.3) is 5.65 Å². The maximum absolute atomic E-state index is 9.62. The molecule has 2 heterocycles. The molecule has 0 spiro atoms. The van der Waals surface area contributed by atoms with Crippen LogP contribution in [0, 0.1) is 0 Å². The average Bonchev–Trinajstić information content (AvgIpc) is 2.65. The Morgan fingerprint density at radius 2 is 2.19 bits per heavy atom. The number of tetrazole rings is 1. The minimum Gasteiger partial charge on any atom is -0.391 e. The van der Waals surface area contributed by atoms with Gasteiger partial charge in [0.15, 0.2) is 11.5 Å². The normalized spacial score (nSPS) is 14.0. The van der Waals surface area contributed by atoms with E-state index in [9.17, 15) is 5.11 Å². The molecule has 7 nitrogen and oxygen atoms in total. The van der Waals surface area contributed by atoms with Crippen LogP contribution in [0.3, 0.4) is 0 Å². The Kier molecular flexibility index (Phi) is 2.47. The van der Waals surface area contributed by atoms with Gasteiger partial charge in [0.1, 0.15) is 0 Å². The lowest BCUT2D eigenvalue weighted by Gasteiger charge is -2.30. The second-order valence-corrected chi connectivity index (χ2v) is 4.26. The van der Waals surface area contributed by atoms with Crippen molar-refractivity contribution in [3.8, 4) is 0 Å².